The fourth-order valence-corrected chi connectivity index (χ4v) is 3.14. The summed E-state index contributed by atoms with van der Waals surface area (Å²) in [5.41, 5.74) is 3.16. The number of aryl methyl sites for hydroxylation is 1. The predicted molar refractivity (Wildman–Crippen MR) is 129 cm³/mol. The zero-order chi connectivity index (χ0) is 20.8. The average Bonchev–Trinajstić information content (AvgIpc) is 2.71. The second-order valence-corrected chi connectivity index (χ2v) is 8.55. The first-order valence-electron chi connectivity index (χ1n) is 8.83. The molecule has 0 aliphatic rings. The normalized spacial score (nSPS) is 11.1. The van der Waals surface area contributed by atoms with Crippen molar-refractivity contribution in [3.63, 3.8) is 0 Å². The van der Waals surface area contributed by atoms with E-state index in [0.717, 1.165) is 19.2 Å². The number of carbonyl (C=O) groups excluding carboxylic acids is 2. The van der Waals surface area contributed by atoms with E-state index in [1.807, 2.05) is 67.6 Å². The van der Waals surface area contributed by atoms with Gasteiger partial charge in [-0.15, -0.1) is 0 Å². The van der Waals surface area contributed by atoms with Crippen LogP contribution in [-0.2, 0) is 4.79 Å². The van der Waals surface area contributed by atoms with Gasteiger partial charge in [0.15, 0.2) is 0 Å². The molecule has 0 unspecified atom stereocenters. The summed E-state index contributed by atoms with van der Waals surface area (Å²) in [4.78, 5) is 25.6. The van der Waals surface area contributed by atoms with Gasteiger partial charge in [-0.05, 0) is 89.7 Å². The van der Waals surface area contributed by atoms with Crippen molar-refractivity contribution < 1.29 is 9.59 Å². The molecule has 0 saturated carbocycles. The van der Waals surface area contributed by atoms with Crippen LogP contribution in [0.15, 0.2) is 83.0 Å². The lowest BCUT2D eigenvalue weighted by Gasteiger charge is -2.12. The molecule has 0 aliphatic heterocycles. The van der Waals surface area contributed by atoms with Crippen LogP contribution in [0.1, 0.15) is 21.5 Å². The lowest BCUT2D eigenvalue weighted by atomic mass is 10.1. The lowest BCUT2D eigenvalue weighted by molar-refractivity contribution is -0.113. The maximum absolute atomic E-state index is 12.9. The van der Waals surface area contributed by atoms with Gasteiger partial charge >= 0.3 is 0 Å². The number of rotatable bonds is 5. The first-order chi connectivity index (χ1) is 13.9. The highest BCUT2D eigenvalue weighted by atomic mass is 127. The number of amides is 2. The van der Waals surface area contributed by atoms with Gasteiger partial charge < -0.3 is 10.6 Å². The van der Waals surface area contributed by atoms with E-state index < -0.39 is 5.91 Å². The van der Waals surface area contributed by atoms with Crippen molar-refractivity contribution in [3.8, 4) is 0 Å². The summed E-state index contributed by atoms with van der Waals surface area (Å²) >= 11 is 5.60. The Hall–Kier alpha value is -2.45. The van der Waals surface area contributed by atoms with Crippen molar-refractivity contribution in [2.45, 2.75) is 6.92 Å². The molecule has 0 saturated heterocycles. The molecule has 0 heterocycles. The van der Waals surface area contributed by atoms with Gasteiger partial charge in [0, 0.05) is 19.3 Å². The van der Waals surface area contributed by atoms with Gasteiger partial charge in [-0.2, -0.15) is 0 Å². The van der Waals surface area contributed by atoms with Gasteiger partial charge in [-0.3, -0.25) is 9.59 Å². The minimum Gasteiger partial charge on any atom is -0.321 e. The average molecular weight is 561 g/mol. The lowest BCUT2D eigenvalue weighted by Crippen LogP contribution is -2.30. The van der Waals surface area contributed by atoms with Crippen molar-refractivity contribution in [1.82, 2.24) is 5.32 Å². The van der Waals surface area contributed by atoms with Crippen molar-refractivity contribution in [1.29, 1.82) is 0 Å². The second-order valence-electron chi connectivity index (χ2n) is 6.39. The molecule has 146 valence electrons. The molecule has 4 nitrogen and oxygen atoms in total. The molecular formula is C23H18BrIN2O2. The highest BCUT2D eigenvalue weighted by Gasteiger charge is 2.15. The molecule has 2 N–H and O–H groups in total. The molecule has 29 heavy (non-hydrogen) atoms. The van der Waals surface area contributed by atoms with E-state index in [-0.39, 0.29) is 11.6 Å². The Morgan fingerprint density at radius 3 is 2.14 bits per heavy atom. The minimum absolute atomic E-state index is 0.163. The van der Waals surface area contributed by atoms with Crippen molar-refractivity contribution >= 4 is 62.1 Å². The molecule has 3 aromatic rings. The van der Waals surface area contributed by atoms with Crippen LogP contribution < -0.4 is 10.6 Å². The van der Waals surface area contributed by atoms with E-state index in [4.69, 9.17) is 0 Å². The van der Waals surface area contributed by atoms with Crippen LogP contribution in [0.2, 0.25) is 0 Å². The van der Waals surface area contributed by atoms with Crippen LogP contribution in [0, 0.1) is 10.5 Å². The van der Waals surface area contributed by atoms with Crippen molar-refractivity contribution in [3.05, 3.63) is 103 Å². The standard InChI is InChI=1S/C23H18BrIN2O2/c1-15-2-6-17(7-3-15)22(28)27-21(14-16-4-8-18(24)9-5-16)23(29)26-20-12-10-19(25)11-13-20/h2-14H,1H3,(H,26,29)(H,27,28)/b21-14+. The van der Waals surface area contributed by atoms with Crippen LogP contribution in [0.4, 0.5) is 5.69 Å². The Kier molecular flexibility index (Phi) is 7.22. The Morgan fingerprint density at radius 2 is 1.52 bits per heavy atom. The van der Waals surface area contributed by atoms with Crippen LogP contribution in [0.3, 0.4) is 0 Å². The smallest absolute Gasteiger partial charge is 0.272 e. The summed E-state index contributed by atoms with van der Waals surface area (Å²) in [6, 6.07) is 22.1. The fraction of sp³-hybridized carbons (Fsp3) is 0.0435. The quantitative estimate of drug-likeness (QED) is 0.307. The van der Waals surface area contributed by atoms with E-state index in [1.54, 1.807) is 18.2 Å². The van der Waals surface area contributed by atoms with Crippen molar-refractivity contribution in [2.75, 3.05) is 5.32 Å². The number of halogens is 2. The highest BCUT2D eigenvalue weighted by Crippen LogP contribution is 2.16. The molecule has 0 spiro atoms. The molecule has 3 aromatic carbocycles. The third kappa shape index (κ3) is 6.27. The van der Waals surface area contributed by atoms with Crippen LogP contribution in [0.5, 0.6) is 0 Å². The molecule has 0 fully saturated rings. The van der Waals surface area contributed by atoms with Crippen LogP contribution in [0.25, 0.3) is 6.08 Å². The molecule has 3 rings (SSSR count). The van der Waals surface area contributed by atoms with Crippen molar-refractivity contribution in [2.24, 2.45) is 0 Å². The molecule has 6 heteroatoms. The van der Waals surface area contributed by atoms with E-state index in [0.29, 0.717) is 11.3 Å². The summed E-state index contributed by atoms with van der Waals surface area (Å²) in [5.74, 6) is -0.735. The molecular weight excluding hydrogens is 543 g/mol. The largest absolute Gasteiger partial charge is 0.321 e. The summed E-state index contributed by atoms with van der Waals surface area (Å²) in [7, 11) is 0. The maximum Gasteiger partial charge on any atom is 0.272 e. The van der Waals surface area contributed by atoms with E-state index in [1.165, 1.54) is 0 Å². The SMILES string of the molecule is Cc1ccc(C(=O)N/C(=C/c2ccc(Br)cc2)C(=O)Nc2ccc(I)cc2)cc1. The van der Waals surface area contributed by atoms with E-state index in [2.05, 4.69) is 49.2 Å². The Bertz CT molecular complexity index is 1040. The number of benzene rings is 3. The monoisotopic (exact) mass is 560 g/mol. The fourth-order valence-electron chi connectivity index (χ4n) is 2.52. The number of hydrogen-bond acceptors (Lipinski definition) is 2. The van der Waals surface area contributed by atoms with Gasteiger partial charge in [0.1, 0.15) is 5.70 Å². The summed E-state index contributed by atoms with van der Waals surface area (Å²) in [6.07, 6.45) is 1.65. The minimum atomic E-state index is -0.394. The van der Waals surface area contributed by atoms with Gasteiger partial charge in [0.25, 0.3) is 11.8 Å². The van der Waals surface area contributed by atoms with E-state index in [9.17, 15) is 9.59 Å². The van der Waals surface area contributed by atoms with Gasteiger partial charge in [0.05, 0.1) is 0 Å². The third-order valence-electron chi connectivity index (χ3n) is 4.09. The highest BCUT2D eigenvalue weighted by molar-refractivity contribution is 14.1. The molecule has 0 bridgehead atoms. The predicted octanol–water partition coefficient (Wildman–Crippen LogP) is 5.77. The number of hydrogen-bond donors (Lipinski definition) is 2. The topological polar surface area (TPSA) is 58.2 Å². The maximum atomic E-state index is 12.9. The van der Waals surface area contributed by atoms with Gasteiger partial charge in [0.2, 0.25) is 0 Å². The molecule has 0 atom stereocenters. The third-order valence-corrected chi connectivity index (χ3v) is 5.34. The first kappa shape index (κ1) is 21.3. The van der Waals surface area contributed by atoms with Gasteiger partial charge in [-0.1, -0.05) is 45.8 Å². The van der Waals surface area contributed by atoms with Crippen LogP contribution >= 0.6 is 38.5 Å². The summed E-state index contributed by atoms with van der Waals surface area (Å²) in [6.45, 7) is 1.95. The first-order valence-corrected chi connectivity index (χ1v) is 10.7. The molecule has 0 aliphatic carbocycles. The number of nitrogens with one attached hydrogen (secondary N) is 2. The Morgan fingerprint density at radius 1 is 0.897 bits per heavy atom. The van der Waals surface area contributed by atoms with E-state index >= 15 is 0 Å². The zero-order valence-electron chi connectivity index (χ0n) is 15.6. The number of carbonyl (C=O) groups is 2. The summed E-state index contributed by atoms with van der Waals surface area (Å²) < 4.78 is 2.00. The van der Waals surface area contributed by atoms with Gasteiger partial charge in [-0.25, -0.2) is 0 Å². The Balaban J connectivity index is 1.86. The summed E-state index contributed by atoms with van der Waals surface area (Å²) in [5, 5.41) is 5.58. The molecule has 0 aromatic heterocycles. The second kappa shape index (κ2) is 9.84. The Labute approximate surface area is 191 Å². The number of anilines is 1. The molecule has 0 radical (unpaired) electrons. The molecule has 2 amide bonds. The zero-order valence-corrected chi connectivity index (χ0v) is 19.3. The van der Waals surface area contributed by atoms with Crippen LogP contribution in [-0.4, -0.2) is 11.8 Å².